The zero-order valence-corrected chi connectivity index (χ0v) is 12.1. The summed E-state index contributed by atoms with van der Waals surface area (Å²) in [5.74, 6) is 0.525. The average Bonchev–Trinajstić information content (AvgIpc) is 3.16. The minimum atomic E-state index is 0.133. The summed E-state index contributed by atoms with van der Waals surface area (Å²) in [5, 5.41) is 13.3. The Morgan fingerprint density at radius 2 is 2.17 bits per heavy atom. The SMILES string of the molecule is COc1nc(N)nn2ccc(-c3ccc4ncc(C#N)n4c3)c12. The summed E-state index contributed by atoms with van der Waals surface area (Å²) in [6, 6.07) is 7.79. The molecule has 0 unspecified atom stereocenters. The predicted molar refractivity (Wildman–Crippen MR) is 82.9 cm³/mol. The van der Waals surface area contributed by atoms with Crippen LogP contribution in [0.3, 0.4) is 0 Å². The molecule has 0 atom stereocenters. The zero-order chi connectivity index (χ0) is 16.0. The lowest BCUT2D eigenvalue weighted by molar-refractivity contribution is 0.400. The van der Waals surface area contributed by atoms with Gasteiger partial charge in [0.25, 0.3) is 0 Å². The van der Waals surface area contributed by atoms with Crippen LogP contribution in [0.1, 0.15) is 5.69 Å². The fourth-order valence-corrected chi connectivity index (χ4v) is 2.61. The van der Waals surface area contributed by atoms with E-state index in [1.54, 1.807) is 21.3 Å². The number of pyridine rings is 1. The van der Waals surface area contributed by atoms with E-state index in [2.05, 4.69) is 21.1 Å². The van der Waals surface area contributed by atoms with E-state index in [-0.39, 0.29) is 5.95 Å². The van der Waals surface area contributed by atoms with E-state index in [9.17, 15) is 0 Å². The fraction of sp³-hybridized carbons (Fsp3) is 0.0667. The Bertz CT molecular complexity index is 1090. The number of hydrogen-bond acceptors (Lipinski definition) is 6. The molecule has 0 spiro atoms. The van der Waals surface area contributed by atoms with Crippen LogP contribution in [0, 0.1) is 11.3 Å². The number of nitrogens with two attached hydrogens (primary N) is 1. The monoisotopic (exact) mass is 305 g/mol. The van der Waals surface area contributed by atoms with Gasteiger partial charge in [0.15, 0.2) is 0 Å². The number of nitriles is 1. The maximum Gasteiger partial charge on any atom is 0.243 e. The molecule has 0 amide bonds. The van der Waals surface area contributed by atoms with Crippen molar-refractivity contribution in [2.75, 3.05) is 12.8 Å². The molecule has 8 nitrogen and oxygen atoms in total. The van der Waals surface area contributed by atoms with Gasteiger partial charge in [-0.25, -0.2) is 9.50 Å². The molecule has 112 valence electrons. The number of methoxy groups -OCH3 is 1. The molecule has 23 heavy (non-hydrogen) atoms. The molecule has 4 heterocycles. The molecule has 0 aliphatic rings. The van der Waals surface area contributed by atoms with Crippen LogP contribution < -0.4 is 10.5 Å². The Kier molecular flexibility index (Phi) is 2.68. The third kappa shape index (κ3) is 1.87. The number of fused-ring (bicyclic) bond motifs is 2. The van der Waals surface area contributed by atoms with Gasteiger partial charge in [-0.15, -0.1) is 5.10 Å². The van der Waals surface area contributed by atoms with Gasteiger partial charge in [-0.05, 0) is 18.2 Å². The second-order valence-corrected chi connectivity index (χ2v) is 4.90. The first-order chi connectivity index (χ1) is 11.2. The number of rotatable bonds is 2. The van der Waals surface area contributed by atoms with Crippen LogP contribution in [0.2, 0.25) is 0 Å². The summed E-state index contributed by atoms with van der Waals surface area (Å²) in [6.07, 6.45) is 5.18. The molecule has 4 rings (SSSR count). The number of ether oxygens (including phenoxy) is 1. The van der Waals surface area contributed by atoms with Crippen molar-refractivity contribution in [3.63, 3.8) is 0 Å². The Labute approximate surface area is 130 Å². The normalized spacial score (nSPS) is 11.0. The van der Waals surface area contributed by atoms with E-state index in [4.69, 9.17) is 15.7 Å². The van der Waals surface area contributed by atoms with Crippen LogP contribution in [0.5, 0.6) is 5.88 Å². The topological polar surface area (TPSA) is 107 Å². The summed E-state index contributed by atoms with van der Waals surface area (Å²) in [6.45, 7) is 0. The third-order valence-electron chi connectivity index (χ3n) is 3.62. The Hall–Kier alpha value is -3.60. The number of imidazole rings is 1. The Morgan fingerprint density at radius 3 is 2.96 bits per heavy atom. The van der Waals surface area contributed by atoms with Crippen LogP contribution >= 0.6 is 0 Å². The molecule has 0 fully saturated rings. The van der Waals surface area contributed by atoms with Crippen LogP contribution in [0.15, 0.2) is 36.8 Å². The van der Waals surface area contributed by atoms with Crippen molar-refractivity contribution >= 4 is 17.1 Å². The lowest BCUT2D eigenvalue weighted by Crippen LogP contribution is -2.03. The maximum absolute atomic E-state index is 9.16. The summed E-state index contributed by atoms with van der Waals surface area (Å²) < 4.78 is 8.69. The standard InChI is InChI=1S/C15H11N7O/c1-23-14-13-11(4-5-22(13)20-15(17)19-14)9-2-3-12-18-7-10(6-16)21(12)8-9/h2-5,7-8H,1H3,(H2,17,20). The minimum absolute atomic E-state index is 0.133. The van der Waals surface area contributed by atoms with Crippen LogP contribution in [-0.4, -0.2) is 31.1 Å². The van der Waals surface area contributed by atoms with E-state index in [0.29, 0.717) is 22.7 Å². The molecule has 0 aromatic carbocycles. The molecule has 0 saturated carbocycles. The second-order valence-electron chi connectivity index (χ2n) is 4.90. The van der Waals surface area contributed by atoms with Crippen LogP contribution in [-0.2, 0) is 0 Å². The summed E-state index contributed by atoms with van der Waals surface area (Å²) in [7, 11) is 1.53. The molecule has 2 N–H and O–H groups in total. The quantitative estimate of drug-likeness (QED) is 0.601. The van der Waals surface area contributed by atoms with E-state index < -0.39 is 0 Å². The van der Waals surface area contributed by atoms with Gasteiger partial charge in [0.05, 0.1) is 13.3 Å². The van der Waals surface area contributed by atoms with Crippen molar-refractivity contribution in [3.8, 4) is 23.1 Å². The van der Waals surface area contributed by atoms with Gasteiger partial charge < -0.3 is 10.5 Å². The first kappa shape index (κ1) is 13.1. The van der Waals surface area contributed by atoms with E-state index in [1.165, 1.54) is 7.11 Å². The number of anilines is 1. The third-order valence-corrected chi connectivity index (χ3v) is 3.62. The van der Waals surface area contributed by atoms with Gasteiger partial charge in [-0.3, -0.25) is 4.40 Å². The molecule has 8 heteroatoms. The highest BCUT2D eigenvalue weighted by molar-refractivity contribution is 5.84. The molecule has 4 aromatic heterocycles. The lowest BCUT2D eigenvalue weighted by atomic mass is 10.1. The Balaban J connectivity index is 2.01. The van der Waals surface area contributed by atoms with Gasteiger partial charge in [0, 0.05) is 23.5 Å². The van der Waals surface area contributed by atoms with Crippen LogP contribution in [0.25, 0.3) is 22.3 Å². The molecule has 0 aliphatic carbocycles. The van der Waals surface area contributed by atoms with Gasteiger partial charge in [-0.1, -0.05) is 0 Å². The average molecular weight is 305 g/mol. The molecule has 0 radical (unpaired) electrons. The Morgan fingerprint density at radius 1 is 1.30 bits per heavy atom. The summed E-state index contributed by atoms with van der Waals surface area (Å²) in [5.41, 5.74) is 9.33. The first-order valence-electron chi connectivity index (χ1n) is 6.77. The van der Waals surface area contributed by atoms with Gasteiger partial charge in [0.2, 0.25) is 11.8 Å². The number of aromatic nitrogens is 5. The zero-order valence-electron chi connectivity index (χ0n) is 12.1. The smallest absolute Gasteiger partial charge is 0.243 e. The number of nitrogen functional groups attached to an aromatic ring is 1. The first-order valence-corrected chi connectivity index (χ1v) is 6.77. The van der Waals surface area contributed by atoms with Crippen molar-refractivity contribution in [1.82, 2.24) is 24.0 Å². The fourth-order valence-electron chi connectivity index (χ4n) is 2.61. The van der Waals surface area contributed by atoms with E-state index in [1.807, 2.05) is 24.4 Å². The largest absolute Gasteiger partial charge is 0.479 e. The highest BCUT2D eigenvalue weighted by atomic mass is 16.5. The van der Waals surface area contributed by atoms with Gasteiger partial charge in [-0.2, -0.15) is 10.2 Å². The summed E-state index contributed by atoms with van der Waals surface area (Å²) >= 11 is 0. The summed E-state index contributed by atoms with van der Waals surface area (Å²) in [4.78, 5) is 8.31. The highest BCUT2D eigenvalue weighted by Gasteiger charge is 2.15. The molecule has 0 saturated heterocycles. The van der Waals surface area contributed by atoms with Gasteiger partial charge >= 0.3 is 0 Å². The highest BCUT2D eigenvalue weighted by Crippen LogP contribution is 2.31. The molecule has 4 aromatic rings. The minimum Gasteiger partial charge on any atom is -0.479 e. The molecular formula is C15H11N7O. The van der Waals surface area contributed by atoms with Crippen molar-refractivity contribution in [3.05, 3.63) is 42.5 Å². The van der Waals surface area contributed by atoms with Crippen LogP contribution in [0.4, 0.5) is 5.95 Å². The number of hydrogen-bond donors (Lipinski definition) is 1. The lowest BCUT2D eigenvalue weighted by Gasteiger charge is -2.06. The van der Waals surface area contributed by atoms with Crippen molar-refractivity contribution in [1.29, 1.82) is 5.26 Å². The van der Waals surface area contributed by atoms with Crippen molar-refractivity contribution in [2.45, 2.75) is 0 Å². The second kappa shape index (κ2) is 4.71. The van der Waals surface area contributed by atoms with Crippen molar-refractivity contribution < 1.29 is 4.74 Å². The molecule has 0 aliphatic heterocycles. The van der Waals surface area contributed by atoms with E-state index in [0.717, 1.165) is 11.1 Å². The van der Waals surface area contributed by atoms with E-state index >= 15 is 0 Å². The number of nitrogens with zero attached hydrogens (tertiary/aromatic N) is 6. The van der Waals surface area contributed by atoms with Gasteiger partial charge in [0.1, 0.15) is 22.9 Å². The molecule has 0 bridgehead atoms. The van der Waals surface area contributed by atoms with Crippen molar-refractivity contribution in [2.24, 2.45) is 0 Å². The predicted octanol–water partition coefficient (Wildman–Crippen LogP) is 1.51. The maximum atomic E-state index is 9.16. The molecular weight excluding hydrogens is 294 g/mol.